The minimum Gasteiger partial charge on any atom is -0.389 e. The molecule has 0 saturated carbocycles. The van der Waals surface area contributed by atoms with Crippen molar-refractivity contribution in [1.82, 2.24) is 5.32 Å². The molecule has 4 heteroatoms. The van der Waals surface area contributed by atoms with Gasteiger partial charge in [-0.3, -0.25) is 0 Å². The predicted molar refractivity (Wildman–Crippen MR) is 65.6 cm³/mol. The third-order valence-electron chi connectivity index (χ3n) is 2.24. The first-order valence-electron chi connectivity index (χ1n) is 6.12. The number of hydrogen-bond donors (Lipinski definition) is 2. The molecular formula is C12H27NO3. The highest BCUT2D eigenvalue weighted by molar-refractivity contribution is 4.58. The predicted octanol–water partition coefficient (Wildman–Crippen LogP) is 1.04. The molecule has 0 spiro atoms. The van der Waals surface area contributed by atoms with E-state index in [1.807, 2.05) is 0 Å². The lowest BCUT2D eigenvalue weighted by Crippen LogP contribution is -2.32. The molecule has 0 aliphatic heterocycles. The van der Waals surface area contributed by atoms with Crippen LogP contribution in [0.5, 0.6) is 0 Å². The maximum absolute atomic E-state index is 9.53. The molecule has 0 aliphatic rings. The third kappa shape index (κ3) is 11.9. The lowest BCUT2D eigenvalue weighted by atomic mass is 10.1. The van der Waals surface area contributed by atoms with Crippen molar-refractivity contribution >= 4 is 0 Å². The van der Waals surface area contributed by atoms with Crippen LogP contribution in [0.15, 0.2) is 0 Å². The monoisotopic (exact) mass is 233 g/mol. The van der Waals surface area contributed by atoms with E-state index in [9.17, 15) is 5.11 Å². The molecule has 1 unspecified atom stereocenters. The maximum Gasteiger partial charge on any atom is 0.0897 e. The van der Waals surface area contributed by atoms with Crippen molar-refractivity contribution in [2.45, 2.75) is 32.8 Å². The van der Waals surface area contributed by atoms with E-state index in [0.29, 0.717) is 19.8 Å². The molecular weight excluding hydrogens is 206 g/mol. The number of aliphatic hydroxyl groups is 1. The fraction of sp³-hybridized carbons (Fsp3) is 1.00. The van der Waals surface area contributed by atoms with Gasteiger partial charge in [0.15, 0.2) is 0 Å². The lowest BCUT2D eigenvalue weighted by Gasteiger charge is -2.12. The van der Waals surface area contributed by atoms with Gasteiger partial charge in [0.1, 0.15) is 0 Å². The van der Waals surface area contributed by atoms with Crippen LogP contribution in [0.3, 0.4) is 0 Å². The largest absolute Gasteiger partial charge is 0.389 e. The smallest absolute Gasteiger partial charge is 0.0897 e. The molecule has 0 bridgehead atoms. The van der Waals surface area contributed by atoms with Gasteiger partial charge in [-0.1, -0.05) is 13.8 Å². The molecule has 0 fully saturated rings. The molecule has 0 aromatic heterocycles. The van der Waals surface area contributed by atoms with Crippen LogP contribution >= 0.6 is 0 Å². The normalized spacial score (nSPS) is 13.3. The summed E-state index contributed by atoms with van der Waals surface area (Å²) in [6.07, 6.45) is 1.83. The van der Waals surface area contributed by atoms with Gasteiger partial charge in [0.2, 0.25) is 0 Å². The van der Waals surface area contributed by atoms with E-state index >= 15 is 0 Å². The molecule has 0 aromatic carbocycles. The molecule has 0 saturated heterocycles. The van der Waals surface area contributed by atoms with Crippen molar-refractivity contribution in [3.63, 3.8) is 0 Å². The number of rotatable bonds is 11. The number of aliphatic hydroxyl groups excluding tert-OH is 1. The van der Waals surface area contributed by atoms with Crippen molar-refractivity contribution in [2.75, 3.05) is 40.0 Å². The first kappa shape index (κ1) is 15.8. The fourth-order valence-electron chi connectivity index (χ4n) is 1.31. The summed E-state index contributed by atoms with van der Waals surface area (Å²) in [6, 6.07) is 0. The zero-order chi connectivity index (χ0) is 12.2. The summed E-state index contributed by atoms with van der Waals surface area (Å²) in [6.45, 7) is 7.56. The summed E-state index contributed by atoms with van der Waals surface area (Å²) in [4.78, 5) is 0. The van der Waals surface area contributed by atoms with Gasteiger partial charge in [0.05, 0.1) is 19.3 Å². The Morgan fingerprint density at radius 1 is 1.25 bits per heavy atom. The minimum atomic E-state index is -0.420. The highest BCUT2D eigenvalue weighted by atomic mass is 16.5. The zero-order valence-electron chi connectivity index (χ0n) is 10.9. The van der Waals surface area contributed by atoms with Gasteiger partial charge in [-0.25, -0.2) is 0 Å². The lowest BCUT2D eigenvalue weighted by molar-refractivity contribution is 0.0341. The Bertz CT molecular complexity index is 142. The van der Waals surface area contributed by atoms with E-state index in [1.165, 1.54) is 6.42 Å². The minimum absolute atomic E-state index is 0.415. The number of methoxy groups -OCH3 is 1. The quantitative estimate of drug-likeness (QED) is 0.524. The van der Waals surface area contributed by atoms with E-state index in [2.05, 4.69) is 19.2 Å². The Morgan fingerprint density at radius 2 is 2.00 bits per heavy atom. The van der Waals surface area contributed by atoms with Crippen LogP contribution in [-0.4, -0.2) is 51.2 Å². The molecule has 0 aliphatic carbocycles. The molecule has 1 atom stereocenters. The molecule has 98 valence electrons. The first-order chi connectivity index (χ1) is 7.66. The van der Waals surface area contributed by atoms with E-state index < -0.39 is 6.10 Å². The van der Waals surface area contributed by atoms with E-state index in [-0.39, 0.29) is 0 Å². The van der Waals surface area contributed by atoms with Crippen molar-refractivity contribution in [1.29, 1.82) is 0 Å². The van der Waals surface area contributed by atoms with Crippen LogP contribution in [0.25, 0.3) is 0 Å². The SMILES string of the molecule is COCCNCC(O)COCCCC(C)C. The molecule has 0 aromatic rings. The summed E-state index contributed by atoms with van der Waals surface area (Å²) in [5.74, 6) is 0.726. The van der Waals surface area contributed by atoms with Crippen LogP contribution in [0.4, 0.5) is 0 Å². The van der Waals surface area contributed by atoms with Gasteiger partial charge in [-0.15, -0.1) is 0 Å². The Balaban J connectivity index is 3.14. The van der Waals surface area contributed by atoms with Crippen molar-refractivity contribution in [3.05, 3.63) is 0 Å². The molecule has 2 N–H and O–H groups in total. The van der Waals surface area contributed by atoms with Crippen LogP contribution in [-0.2, 0) is 9.47 Å². The van der Waals surface area contributed by atoms with Gasteiger partial charge >= 0.3 is 0 Å². The average Bonchev–Trinajstić information content (AvgIpc) is 2.23. The van der Waals surface area contributed by atoms with Crippen LogP contribution in [0, 0.1) is 5.92 Å². The standard InChI is InChI=1S/C12H27NO3/c1-11(2)5-4-7-16-10-12(14)9-13-6-8-15-3/h11-14H,4-10H2,1-3H3. The van der Waals surface area contributed by atoms with E-state index in [1.54, 1.807) is 7.11 Å². The Kier molecular flexibility index (Phi) is 11.2. The number of hydrogen-bond acceptors (Lipinski definition) is 4. The van der Waals surface area contributed by atoms with Gasteiger partial charge < -0.3 is 19.9 Å². The van der Waals surface area contributed by atoms with Crippen LogP contribution in [0.2, 0.25) is 0 Å². The fourth-order valence-corrected chi connectivity index (χ4v) is 1.31. The van der Waals surface area contributed by atoms with Crippen molar-refractivity contribution in [2.24, 2.45) is 5.92 Å². The molecule has 0 radical (unpaired) electrons. The molecule has 0 heterocycles. The molecule has 0 amide bonds. The summed E-state index contributed by atoms with van der Waals surface area (Å²) in [5, 5.41) is 12.6. The Morgan fingerprint density at radius 3 is 2.62 bits per heavy atom. The van der Waals surface area contributed by atoms with E-state index in [0.717, 1.165) is 25.5 Å². The van der Waals surface area contributed by atoms with Gasteiger partial charge in [-0.2, -0.15) is 0 Å². The first-order valence-corrected chi connectivity index (χ1v) is 6.12. The zero-order valence-corrected chi connectivity index (χ0v) is 10.9. The summed E-state index contributed by atoms with van der Waals surface area (Å²) >= 11 is 0. The number of nitrogens with one attached hydrogen (secondary N) is 1. The average molecular weight is 233 g/mol. The molecule has 4 nitrogen and oxygen atoms in total. The van der Waals surface area contributed by atoms with Crippen molar-refractivity contribution < 1.29 is 14.6 Å². The maximum atomic E-state index is 9.53. The Labute approximate surface area is 99.3 Å². The van der Waals surface area contributed by atoms with Crippen molar-refractivity contribution in [3.8, 4) is 0 Å². The topological polar surface area (TPSA) is 50.7 Å². The summed E-state index contributed by atoms with van der Waals surface area (Å²) in [5.41, 5.74) is 0. The van der Waals surface area contributed by atoms with E-state index in [4.69, 9.17) is 9.47 Å². The highest BCUT2D eigenvalue weighted by Gasteiger charge is 2.03. The third-order valence-corrected chi connectivity index (χ3v) is 2.24. The second-order valence-electron chi connectivity index (χ2n) is 4.46. The highest BCUT2D eigenvalue weighted by Crippen LogP contribution is 2.03. The van der Waals surface area contributed by atoms with Gasteiger partial charge in [0.25, 0.3) is 0 Å². The van der Waals surface area contributed by atoms with Gasteiger partial charge in [-0.05, 0) is 18.8 Å². The molecule has 16 heavy (non-hydrogen) atoms. The second-order valence-corrected chi connectivity index (χ2v) is 4.46. The Hall–Kier alpha value is -0.160. The summed E-state index contributed by atoms with van der Waals surface area (Å²) in [7, 11) is 1.66. The van der Waals surface area contributed by atoms with Crippen LogP contribution in [0.1, 0.15) is 26.7 Å². The van der Waals surface area contributed by atoms with Gasteiger partial charge in [0, 0.05) is 26.8 Å². The summed E-state index contributed by atoms with van der Waals surface area (Å²) < 4.78 is 10.3. The second kappa shape index (κ2) is 11.3. The van der Waals surface area contributed by atoms with Crippen LogP contribution < -0.4 is 5.32 Å². The number of ether oxygens (including phenoxy) is 2. The molecule has 0 rings (SSSR count).